The average Bonchev–Trinajstić information content (AvgIpc) is 2.97. The van der Waals surface area contributed by atoms with Crippen molar-refractivity contribution in [1.82, 2.24) is 24.0 Å². The fourth-order valence-electron chi connectivity index (χ4n) is 4.05. The molecule has 1 aromatic carbocycles. The summed E-state index contributed by atoms with van der Waals surface area (Å²) in [4.78, 5) is 45.7. The number of fused-ring (bicyclic) bond motifs is 1. The molecule has 0 saturated carbocycles. The lowest BCUT2D eigenvalue weighted by atomic mass is 9.87. The molecule has 4 rings (SSSR count). The SMILES string of the molecule is Cc1cn([C@@H]2CN(C(=O)c3ccc4c(c3)nc(C)n4C)CC[C@@]2(C)O)c(=O)[nH]c1=O. The van der Waals surface area contributed by atoms with Crippen molar-refractivity contribution in [3.8, 4) is 0 Å². The molecule has 0 radical (unpaired) electrons. The topological polar surface area (TPSA) is 113 Å². The molecular weight excluding hydrogens is 386 g/mol. The molecule has 2 aromatic heterocycles. The summed E-state index contributed by atoms with van der Waals surface area (Å²) in [6.07, 6.45) is 1.75. The van der Waals surface area contributed by atoms with Gasteiger partial charge in [-0.1, -0.05) is 0 Å². The Hall–Kier alpha value is -3.20. The van der Waals surface area contributed by atoms with E-state index >= 15 is 0 Å². The number of hydrogen-bond acceptors (Lipinski definition) is 5. The van der Waals surface area contributed by atoms with Crippen LogP contribution in [0, 0.1) is 13.8 Å². The summed E-state index contributed by atoms with van der Waals surface area (Å²) in [5.41, 5.74) is 0.297. The highest BCUT2D eigenvalue weighted by molar-refractivity contribution is 5.97. The van der Waals surface area contributed by atoms with Gasteiger partial charge in [0.2, 0.25) is 0 Å². The van der Waals surface area contributed by atoms with Crippen LogP contribution in [0.15, 0.2) is 34.0 Å². The molecule has 0 unspecified atom stereocenters. The van der Waals surface area contributed by atoms with E-state index in [1.807, 2.05) is 24.6 Å². The minimum atomic E-state index is -1.20. The van der Waals surface area contributed by atoms with E-state index in [-0.39, 0.29) is 12.5 Å². The van der Waals surface area contributed by atoms with Crippen LogP contribution < -0.4 is 11.2 Å². The van der Waals surface area contributed by atoms with Crippen molar-refractivity contribution >= 4 is 16.9 Å². The van der Waals surface area contributed by atoms with Crippen LogP contribution in [0.2, 0.25) is 0 Å². The van der Waals surface area contributed by atoms with Gasteiger partial charge in [0.15, 0.2) is 0 Å². The predicted molar refractivity (Wildman–Crippen MR) is 112 cm³/mol. The van der Waals surface area contributed by atoms with Gasteiger partial charge < -0.3 is 14.6 Å². The van der Waals surface area contributed by atoms with Crippen molar-refractivity contribution in [2.45, 2.75) is 38.8 Å². The summed E-state index contributed by atoms with van der Waals surface area (Å²) in [7, 11) is 1.92. The number of benzene rings is 1. The monoisotopic (exact) mass is 411 g/mol. The average molecular weight is 411 g/mol. The van der Waals surface area contributed by atoms with Gasteiger partial charge >= 0.3 is 5.69 Å². The van der Waals surface area contributed by atoms with Crippen molar-refractivity contribution in [2.75, 3.05) is 13.1 Å². The minimum Gasteiger partial charge on any atom is -0.388 e. The Kier molecular flexibility index (Phi) is 4.65. The number of H-pyrrole nitrogens is 1. The van der Waals surface area contributed by atoms with Gasteiger partial charge in [-0.15, -0.1) is 0 Å². The molecule has 0 aliphatic carbocycles. The Morgan fingerprint density at radius 3 is 2.77 bits per heavy atom. The summed E-state index contributed by atoms with van der Waals surface area (Å²) in [5, 5.41) is 10.9. The first kappa shape index (κ1) is 20.1. The standard InChI is InChI=1S/C21H25N5O4/c1-12-10-26(20(29)23-18(12)27)17-11-25(8-7-21(17,3)30)19(28)14-5-6-16-15(9-14)22-13(2)24(16)4/h5-6,9-10,17,30H,7-8,11H2,1-4H3,(H,23,27,29)/t17-,21-/m1/s1. The summed E-state index contributed by atoms with van der Waals surface area (Å²) < 4.78 is 3.28. The first-order valence-electron chi connectivity index (χ1n) is 9.85. The van der Waals surface area contributed by atoms with E-state index in [4.69, 9.17) is 0 Å². The van der Waals surface area contributed by atoms with Crippen LogP contribution in [-0.4, -0.2) is 53.7 Å². The van der Waals surface area contributed by atoms with Crippen molar-refractivity contribution in [1.29, 1.82) is 0 Å². The number of aromatic amines is 1. The number of aromatic nitrogens is 4. The Morgan fingerprint density at radius 1 is 1.30 bits per heavy atom. The molecule has 2 atom stereocenters. The van der Waals surface area contributed by atoms with E-state index in [9.17, 15) is 19.5 Å². The van der Waals surface area contributed by atoms with Gasteiger partial charge in [-0.2, -0.15) is 0 Å². The molecule has 1 saturated heterocycles. The normalized spacial score (nSPS) is 21.9. The Morgan fingerprint density at radius 2 is 2.03 bits per heavy atom. The maximum atomic E-state index is 13.2. The van der Waals surface area contributed by atoms with Crippen molar-refractivity contribution in [2.24, 2.45) is 7.05 Å². The number of likely N-dealkylation sites (tertiary alicyclic amines) is 1. The number of piperidine rings is 1. The van der Waals surface area contributed by atoms with Crippen LogP contribution in [0.5, 0.6) is 0 Å². The smallest absolute Gasteiger partial charge is 0.328 e. The number of hydrogen-bond donors (Lipinski definition) is 2. The van der Waals surface area contributed by atoms with E-state index in [0.717, 1.165) is 16.9 Å². The van der Waals surface area contributed by atoms with Gasteiger partial charge in [-0.05, 0) is 45.4 Å². The highest BCUT2D eigenvalue weighted by Crippen LogP contribution is 2.31. The molecule has 1 fully saturated rings. The summed E-state index contributed by atoms with van der Waals surface area (Å²) in [6, 6.07) is 4.72. The molecule has 1 aliphatic rings. The number of carbonyl (C=O) groups is 1. The molecule has 1 amide bonds. The quantitative estimate of drug-likeness (QED) is 0.650. The highest BCUT2D eigenvalue weighted by atomic mass is 16.3. The third kappa shape index (κ3) is 3.24. The van der Waals surface area contributed by atoms with Crippen LogP contribution in [0.1, 0.15) is 41.1 Å². The second-order valence-electron chi connectivity index (χ2n) is 8.27. The van der Waals surface area contributed by atoms with Crippen LogP contribution in [0.4, 0.5) is 0 Å². The summed E-state index contributed by atoms with van der Waals surface area (Å²) >= 11 is 0. The molecule has 9 nitrogen and oxygen atoms in total. The Balaban J connectivity index is 1.67. The van der Waals surface area contributed by atoms with Gasteiger partial charge in [-0.25, -0.2) is 9.78 Å². The molecule has 3 heterocycles. The number of carbonyl (C=O) groups excluding carboxylic acids is 1. The van der Waals surface area contributed by atoms with Crippen molar-refractivity contribution < 1.29 is 9.90 Å². The summed E-state index contributed by atoms with van der Waals surface area (Å²) in [6.45, 7) is 5.66. The zero-order valence-corrected chi connectivity index (χ0v) is 17.5. The van der Waals surface area contributed by atoms with Crippen molar-refractivity contribution in [3.63, 3.8) is 0 Å². The van der Waals surface area contributed by atoms with Crippen LogP contribution >= 0.6 is 0 Å². The number of nitrogens with one attached hydrogen (secondary N) is 1. The largest absolute Gasteiger partial charge is 0.388 e. The van der Waals surface area contributed by atoms with E-state index in [0.29, 0.717) is 24.1 Å². The lowest BCUT2D eigenvalue weighted by Gasteiger charge is -2.43. The number of aryl methyl sites for hydroxylation is 3. The van der Waals surface area contributed by atoms with Gasteiger partial charge in [0, 0.05) is 37.5 Å². The zero-order valence-electron chi connectivity index (χ0n) is 17.5. The molecule has 0 bridgehead atoms. The summed E-state index contributed by atoms with van der Waals surface area (Å²) in [5.74, 6) is 0.673. The number of nitrogens with zero attached hydrogens (tertiary/aromatic N) is 4. The Labute approximate surface area is 172 Å². The predicted octanol–water partition coefficient (Wildman–Crippen LogP) is 0.878. The number of imidazole rings is 1. The maximum absolute atomic E-state index is 13.2. The maximum Gasteiger partial charge on any atom is 0.328 e. The molecular formula is C21H25N5O4. The molecule has 0 spiro atoms. The van der Waals surface area contributed by atoms with Crippen molar-refractivity contribution in [3.05, 3.63) is 62.2 Å². The van der Waals surface area contributed by atoms with Gasteiger partial charge in [0.25, 0.3) is 11.5 Å². The second kappa shape index (κ2) is 6.94. The second-order valence-corrected chi connectivity index (χ2v) is 8.27. The zero-order chi connectivity index (χ0) is 21.8. The molecule has 30 heavy (non-hydrogen) atoms. The lowest BCUT2D eigenvalue weighted by Crippen LogP contribution is -2.55. The third-order valence-electron chi connectivity index (χ3n) is 6.12. The van der Waals surface area contributed by atoms with Crippen LogP contribution in [0.25, 0.3) is 11.0 Å². The molecule has 2 N–H and O–H groups in total. The van der Waals surface area contributed by atoms with Gasteiger partial charge in [0.05, 0.1) is 22.7 Å². The van der Waals surface area contributed by atoms with E-state index in [1.165, 1.54) is 10.8 Å². The number of aliphatic hydroxyl groups is 1. The number of amides is 1. The first-order chi connectivity index (χ1) is 14.1. The first-order valence-corrected chi connectivity index (χ1v) is 9.85. The fraction of sp³-hybridized carbons (Fsp3) is 0.429. The number of rotatable bonds is 2. The van der Waals surface area contributed by atoms with E-state index in [2.05, 4.69) is 9.97 Å². The van der Waals surface area contributed by atoms with E-state index in [1.54, 1.807) is 30.9 Å². The molecule has 1 aliphatic heterocycles. The van der Waals surface area contributed by atoms with E-state index < -0.39 is 22.9 Å². The fourth-order valence-corrected chi connectivity index (χ4v) is 4.05. The third-order valence-corrected chi connectivity index (χ3v) is 6.12. The van der Waals surface area contributed by atoms with Crippen LogP contribution in [0.3, 0.4) is 0 Å². The van der Waals surface area contributed by atoms with Gasteiger partial charge in [-0.3, -0.25) is 19.1 Å². The molecule has 3 aromatic rings. The minimum absolute atomic E-state index is 0.149. The lowest BCUT2D eigenvalue weighted by molar-refractivity contribution is -0.0460. The van der Waals surface area contributed by atoms with Crippen LogP contribution in [-0.2, 0) is 7.05 Å². The highest BCUT2D eigenvalue weighted by Gasteiger charge is 2.41. The van der Waals surface area contributed by atoms with Gasteiger partial charge in [0.1, 0.15) is 5.82 Å². The molecule has 158 valence electrons. The molecule has 9 heteroatoms. The Bertz CT molecular complexity index is 1270.